The Morgan fingerprint density at radius 1 is 1.20 bits per heavy atom. The maximum atomic E-state index is 2.35. The fraction of sp³-hybridized carbons (Fsp3) is 1.00. The van der Waals surface area contributed by atoms with Crippen molar-refractivity contribution in [1.82, 2.24) is 9.80 Å². The predicted molar refractivity (Wildman–Crippen MR) is 46.3 cm³/mol. The summed E-state index contributed by atoms with van der Waals surface area (Å²) in [5.74, 6) is 0. The van der Waals surface area contributed by atoms with Crippen molar-refractivity contribution in [3.63, 3.8) is 0 Å². The van der Waals surface area contributed by atoms with Crippen LogP contribution in [0.4, 0.5) is 0 Å². The van der Waals surface area contributed by atoms with Gasteiger partial charge in [-0.3, -0.25) is 0 Å². The molecule has 0 spiro atoms. The van der Waals surface area contributed by atoms with Crippen LogP contribution in [0.5, 0.6) is 0 Å². The smallest absolute Gasteiger partial charge is 0.0191 e. The van der Waals surface area contributed by atoms with Gasteiger partial charge in [0, 0.05) is 12.6 Å². The van der Waals surface area contributed by atoms with Crippen LogP contribution in [0, 0.1) is 0 Å². The molecule has 0 saturated carbocycles. The van der Waals surface area contributed by atoms with Crippen LogP contribution in [0.1, 0.15) is 13.8 Å². The zero-order valence-corrected chi connectivity index (χ0v) is 7.89. The van der Waals surface area contributed by atoms with E-state index in [-0.39, 0.29) is 0 Å². The van der Waals surface area contributed by atoms with Gasteiger partial charge in [-0.25, -0.2) is 0 Å². The van der Waals surface area contributed by atoms with Crippen LogP contribution in [0.2, 0.25) is 0 Å². The van der Waals surface area contributed by atoms with E-state index in [0.717, 1.165) is 13.1 Å². The molecule has 62 valence electrons. The van der Waals surface area contributed by atoms with Gasteiger partial charge in [-0.1, -0.05) is 6.92 Å². The lowest BCUT2D eigenvalue weighted by Gasteiger charge is -2.25. The highest BCUT2D eigenvalue weighted by molar-refractivity contribution is 4.63. The molecule has 1 atom stereocenters. The summed E-state index contributed by atoms with van der Waals surface area (Å²) >= 11 is 0. The Bertz CT molecular complexity index is 81.3. The second-order valence-electron chi connectivity index (χ2n) is 3.18. The second kappa shape index (κ2) is 4.69. The van der Waals surface area contributed by atoms with Gasteiger partial charge in [0.15, 0.2) is 0 Å². The molecule has 0 radical (unpaired) electrons. The molecule has 2 nitrogen and oxygen atoms in total. The maximum Gasteiger partial charge on any atom is 0.0191 e. The minimum atomic E-state index is 0.667. The SMILES string of the molecule is CCN(C)[C@@H](C)CN(C)C. The van der Waals surface area contributed by atoms with Gasteiger partial charge >= 0.3 is 0 Å². The highest BCUT2D eigenvalue weighted by Crippen LogP contribution is 1.94. The van der Waals surface area contributed by atoms with E-state index in [1.165, 1.54) is 0 Å². The van der Waals surface area contributed by atoms with E-state index in [1.807, 2.05) is 0 Å². The van der Waals surface area contributed by atoms with Crippen molar-refractivity contribution in [1.29, 1.82) is 0 Å². The molecule has 0 rings (SSSR count). The highest BCUT2D eigenvalue weighted by Gasteiger charge is 2.06. The highest BCUT2D eigenvalue weighted by atomic mass is 15.2. The lowest BCUT2D eigenvalue weighted by Crippen LogP contribution is -2.37. The fourth-order valence-corrected chi connectivity index (χ4v) is 0.980. The molecule has 0 bridgehead atoms. The molecule has 0 amide bonds. The van der Waals surface area contributed by atoms with E-state index >= 15 is 0 Å². The van der Waals surface area contributed by atoms with Crippen LogP contribution in [-0.2, 0) is 0 Å². The van der Waals surface area contributed by atoms with Gasteiger partial charge in [-0.15, -0.1) is 0 Å². The summed E-state index contributed by atoms with van der Waals surface area (Å²) in [7, 11) is 6.38. The largest absolute Gasteiger partial charge is 0.308 e. The molecule has 0 aliphatic carbocycles. The number of hydrogen-bond donors (Lipinski definition) is 0. The van der Waals surface area contributed by atoms with Crippen LogP contribution < -0.4 is 0 Å². The standard InChI is InChI=1S/C8H20N2/c1-6-10(5)8(2)7-9(3)4/h8H,6-7H2,1-5H3/t8-/m0/s1. The maximum absolute atomic E-state index is 2.35. The van der Waals surface area contributed by atoms with Gasteiger partial charge in [-0.2, -0.15) is 0 Å². The van der Waals surface area contributed by atoms with Crippen molar-refractivity contribution in [3.8, 4) is 0 Å². The van der Waals surface area contributed by atoms with E-state index in [9.17, 15) is 0 Å². The lowest BCUT2D eigenvalue weighted by atomic mass is 10.3. The van der Waals surface area contributed by atoms with Crippen molar-refractivity contribution in [3.05, 3.63) is 0 Å². The Morgan fingerprint density at radius 2 is 1.70 bits per heavy atom. The fourth-order valence-electron chi connectivity index (χ4n) is 0.980. The van der Waals surface area contributed by atoms with Crippen LogP contribution in [0.25, 0.3) is 0 Å². The molecule has 0 aromatic rings. The average molecular weight is 144 g/mol. The Hall–Kier alpha value is -0.0800. The number of likely N-dealkylation sites (N-methyl/N-ethyl adjacent to an activating group) is 2. The second-order valence-corrected chi connectivity index (χ2v) is 3.18. The molecule has 0 N–H and O–H groups in total. The molecule has 0 aromatic heterocycles. The molecule has 0 aliphatic heterocycles. The summed E-state index contributed by atoms with van der Waals surface area (Å²) in [6, 6.07) is 0.667. The van der Waals surface area contributed by atoms with Crippen LogP contribution >= 0.6 is 0 Å². The third kappa shape index (κ3) is 3.85. The quantitative estimate of drug-likeness (QED) is 0.578. The van der Waals surface area contributed by atoms with Gasteiger partial charge in [0.05, 0.1) is 0 Å². The van der Waals surface area contributed by atoms with Gasteiger partial charge < -0.3 is 9.80 Å². The Labute approximate surface area is 64.8 Å². The van der Waals surface area contributed by atoms with Crippen LogP contribution in [0.3, 0.4) is 0 Å². The third-order valence-corrected chi connectivity index (χ3v) is 1.88. The first-order valence-corrected chi connectivity index (χ1v) is 3.93. The van der Waals surface area contributed by atoms with Crippen LogP contribution in [0.15, 0.2) is 0 Å². The van der Waals surface area contributed by atoms with Crippen molar-refractivity contribution < 1.29 is 0 Å². The molecule has 0 fully saturated rings. The van der Waals surface area contributed by atoms with E-state index in [4.69, 9.17) is 0 Å². The summed E-state index contributed by atoms with van der Waals surface area (Å²) in [6.45, 7) is 6.72. The Kier molecular flexibility index (Phi) is 4.65. The summed E-state index contributed by atoms with van der Waals surface area (Å²) < 4.78 is 0. The molecule has 0 aromatic carbocycles. The van der Waals surface area contributed by atoms with Crippen molar-refractivity contribution >= 4 is 0 Å². The molecular weight excluding hydrogens is 124 g/mol. The number of nitrogens with zero attached hydrogens (tertiary/aromatic N) is 2. The van der Waals surface area contributed by atoms with Gasteiger partial charge in [0.25, 0.3) is 0 Å². The lowest BCUT2D eigenvalue weighted by molar-refractivity contribution is 0.218. The van der Waals surface area contributed by atoms with Gasteiger partial charge in [-0.05, 0) is 34.6 Å². The monoisotopic (exact) mass is 144 g/mol. The summed E-state index contributed by atoms with van der Waals surface area (Å²) in [5, 5.41) is 0. The molecule has 0 saturated heterocycles. The zero-order valence-electron chi connectivity index (χ0n) is 7.89. The first-order chi connectivity index (χ1) is 4.57. The molecule has 10 heavy (non-hydrogen) atoms. The Balaban J connectivity index is 3.50. The van der Waals surface area contributed by atoms with Crippen molar-refractivity contribution in [2.24, 2.45) is 0 Å². The van der Waals surface area contributed by atoms with Gasteiger partial charge in [0.1, 0.15) is 0 Å². The zero-order chi connectivity index (χ0) is 8.15. The van der Waals surface area contributed by atoms with E-state index < -0.39 is 0 Å². The van der Waals surface area contributed by atoms with Crippen LogP contribution in [-0.4, -0.2) is 50.1 Å². The first kappa shape index (κ1) is 9.92. The minimum Gasteiger partial charge on any atom is -0.308 e. The van der Waals surface area contributed by atoms with Crippen molar-refractivity contribution in [2.45, 2.75) is 19.9 Å². The summed E-state index contributed by atoms with van der Waals surface area (Å²) in [4.78, 5) is 4.57. The third-order valence-electron chi connectivity index (χ3n) is 1.88. The topological polar surface area (TPSA) is 6.48 Å². The molecular formula is C8H20N2. The number of rotatable bonds is 4. The van der Waals surface area contributed by atoms with Crippen molar-refractivity contribution in [2.75, 3.05) is 34.2 Å². The molecule has 0 unspecified atom stereocenters. The minimum absolute atomic E-state index is 0.667. The number of hydrogen-bond acceptors (Lipinski definition) is 2. The summed E-state index contributed by atoms with van der Waals surface area (Å²) in [5.41, 5.74) is 0. The van der Waals surface area contributed by atoms with E-state index in [0.29, 0.717) is 6.04 Å². The summed E-state index contributed by atoms with van der Waals surface area (Å²) in [6.07, 6.45) is 0. The normalized spacial score (nSPS) is 14.7. The predicted octanol–water partition coefficient (Wildman–Crippen LogP) is 0.888. The Morgan fingerprint density at radius 3 is 2.00 bits per heavy atom. The molecule has 2 heteroatoms. The average Bonchev–Trinajstić information content (AvgIpc) is 1.85. The molecule has 0 heterocycles. The van der Waals surface area contributed by atoms with E-state index in [2.05, 4.69) is 44.8 Å². The van der Waals surface area contributed by atoms with E-state index in [1.54, 1.807) is 0 Å². The van der Waals surface area contributed by atoms with Gasteiger partial charge in [0.2, 0.25) is 0 Å². The first-order valence-electron chi connectivity index (χ1n) is 3.93. The molecule has 0 aliphatic rings.